The maximum atomic E-state index is 14.1. The van der Waals surface area contributed by atoms with Crippen molar-refractivity contribution in [3.05, 3.63) is 99.3 Å². The number of ketones is 1. The van der Waals surface area contributed by atoms with Crippen LogP contribution in [0.1, 0.15) is 22.7 Å². The smallest absolute Gasteiger partial charge is 0.300 e. The Bertz CT molecular complexity index is 1250. The zero-order chi connectivity index (χ0) is 23.0. The van der Waals surface area contributed by atoms with Crippen molar-refractivity contribution in [2.45, 2.75) is 13.0 Å². The Balaban J connectivity index is 1.94. The maximum absolute atomic E-state index is 14.1. The molecule has 5 nitrogen and oxygen atoms in total. The number of benzene rings is 3. The standard InChI is InChI=1S/C25H19BrFNO4/c1-14-6-9-18(13-20(14)26)28-22(16-4-3-5-17(27)12-16)21(24(30)25(28)31)23(29)15-7-10-19(32-2)11-8-15/h3-13,22,29H,1-2H3/t22-/m1/s1. The second kappa shape index (κ2) is 8.59. The van der Waals surface area contributed by atoms with Crippen LogP contribution in [-0.2, 0) is 9.59 Å². The first kappa shape index (κ1) is 21.8. The summed E-state index contributed by atoms with van der Waals surface area (Å²) >= 11 is 3.45. The van der Waals surface area contributed by atoms with Crippen LogP contribution in [0.2, 0.25) is 0 Å². The fraction of sp³-hybridized carbons (Fsp3) is 0.120. The quantitative estimate of drug-likeness (QED) is 0.293. The number of anilines is 1. The van der Waals surface area contributed by atoms with Crippen molar-refractivity contribution in [2.24, 2.45) is 0 Å². The van der Waals surface area contributed by atoms with Crippen molar-refractivity contribution < 1.29 is 23.8 Å². The summed E-state index contributed by atoms with van der Waals surface area (Å²) in [6, 6.07) is 16.4. The molecule has 0 radical (unpaired) electrons. The summed E-state index contributed by atoms with van der Waals surface area (Å²) in [5.74, 6) is -1.92. The molecular weight excluding hydrogens is 477 g/mol. The van der Waals surface area contributed by atoms with Gasteiger partial charge >= 0.3 is 0 Å². The molecule has 0 aliphatic carbocycles. The molecule has 3 aromatic carbocycles. The minimum Gasteiger partial charge on any atom is -0.507 e. The number of rotatable bonds is 4. The number of Topliss-reactive ketones (excluding diaryl/α,β-unsaturated/α-hetero) is 1. The van der Waals surface area contributed by atoms with Gasteiger partial charge in [0.05, 0.1) is 18.7 Å². The maximum Gasteiger partial charge on any atom is 0.300 e. The van der Waals surface area contributed by atoms with E-state index in [-0.39, 0.29) is 11.3 Å². The largest absolute Gasteiger partial charge is 0.507 e. The Morgan fingerprint density at radius 3 is 2.41 bits per heavy atom. The normalized spacial score (nSPS) is 17.6. The van der Waals surface area contributed by atoms with Gasteiger partial charge in [0.25, 0.3) is 11.7 Å². The summed E-state index contributed by atoms with van der Waals surface area (Å²) in [4.78, 5) is 27.5. The van der Waals surface area contributed by atoms with E-state index >= 15 is 0 Å². The molecule has 1 atom stereocenters. The summed E-state index contributed by atoms with van der Waals surface area (Å²) in [7, 11) is 1.52. The van der Waals surface area contributed by atoms with E-state index in [2.05, 4.69) is 15.9 Å². The second-order valence-electron chi connectivity index (χ2n) is 7.39. The van der Waals surface area contributed by atoms with Gasteiger partial charge in [-0.1, -0.05) is 34.1 Å². The number of aliphatic hydroxyl groups is 1. The number of hydrogen-bond acceptors (Lipinski definition) is 4. The Labute approximate surface area is 192 Å². The minimum absolute atomic E-state index is 0.109. The van der Waals surface area contributed by atoms with Crippen molar-refractivity contribution in [1.29, 1.82) is 0 Å². The highest BCUT2D eigenvalue weighted by Crippen LogP contribution is 2.43. The van der Waals surface area contributed by atoms with Gasteiger partial charge in [-0.25, -0.2) is 4.39 Å². The average Bonchev–Trinajstić information content (AvgIpc) is 3.06. The molecule has 0 unspecified atom stereocenters. The van der Waals surface area contributed by atoms with Gasteiger partial charge in [-0.05, 0) is 66.6 Å². The van der Waals surface area contributed by atoms with Crippen molar-refractivity contribution >= 4 is 39.1 Å². The number of hydrogen-bond donors (Lipinski definition) is 1. The molecular formula is C25H19BrFNO4. The number of amides is 1. The van der Waals surface area contributed by atoms with E-state index in [0.29, 0.717) is 22.6 Å². The molecule has 1 N–H and O–H groups in total. The number of aryl methyl sites for hydroxylation is 1. The van der Waals surface area contributed by atoms with Gasteiger partial charge in [-0.2, -0.15) is 0 Å². The van der Waals surface area contributed by atoms with E-state index in [4.69, 9.17) is 4.74 Å². The van der Waals surface area contributed by atoms with Gasteiger partial charge < -0.3 is 9.84 Å². The lowest BCUT2D eigenvalue weighted by Gasteiger charge is -2.26. The second-order valence-corrected chi connectivity index (χ2v) is 8.24. The Morgan fingerprint density at radius 1 is 1.06 bits per heavy atom. The average molecular weight is 496 g/mol. The van der Waals surface area contributed by atoms with Gasteiger partial charge in [0, 0.05) is 15.7 Å². The summed E-state index contributed by atoms with van der Waals surface area (Å²) in [5.41, 5.74) is 2.01. The van der Waals surface area contributed by atoms with Crippen LogP contribution in [0.25, 0.3) is 5.76 Å². The number of aliphatic hydroxyl groups excluding tert-OH is 1. The number of carbonyl (C=O) groups excluding carboxylic acids is 2. The topological polar surface area (TPSA) is 66.8 Å². The van der Waals surface area contributed by atoms with E-state index in [1.165, 1.54) is 30.2 Å². The third-order valence-electron chi connectivity index (χ3n) is 5.41. The third kappa shape index (κ3) is 3.80. The molecule has 0 aromatic heterocycles. The SMILES string of the molecule is COc1ccc(C(O)=C2C(=O)C(=O)N(c3ccc(C)c(Br)c3)[C@@H]2c2cccc(F)c2)cc1. The monoisotopic (exact) mass is 495 g/mol. The van der Waals surface area contributed by atoms with Crippen molar-refractivity contribution in [2.75, 3.05) is 12.0 Å². The lowest BCUT2D eigenvalue weighted by Crippen LogP contribution is -2.29. The van der Waals surface area contributed by atoms with Crippen LogP contribution in [0.15, 0.2) is 76.8 Å². The van der Waals surface area contributed by atoms with Crippen LogP contribution >= 0.6 is 15.9 Å². The lowest BCUT2D eigenvalue weighted by molar-refractivity contribution is -0.132. The fourth-order valence-electron chi connectivity index (χ4n) is 3.73. The Morgan fingerprint density at radius 2 is 1.78 bits per heavy atom. The Hall–Kier alpha value is -3.45. The highest BCUT2D eigenvalue weighted by atomic mass is 79.9. The molecule has 162 valence electrons. The van der Waals surface area contributed by atoms with Crippen LogP contribution in [0.5, 0.6) is 5.75 Å². The van der Waals surface area contributed by atoms with Crippen molar-refractivity contribution in [3.63, 3.8) is 0 Å². The summed E-state index contributed by atoms with van der Waals surface area (Å²) in [5, 5.41) is 11.1. The number of halogens is 2. The van der Waals surface area contributed by atoms with Crippen LogP contribution < -0.4 is 9.64 Å². The first-order valence-electron chi connectivity index (χ1n) is 9.79. The fourth-order valence-corrected chi connectivity index (χ4v) is 4.09. The van der Waals surface area contributed by atoms with Gasteiger partial charge in [0.2, 0.25) is 0 Å². The molecule has 1 amide bonds. The Kier molecular flexibility index (Phi) is 5.84. The zero-order valence-electron chi connectivity index (χ0n) is 17.3. The van der Waals surface area contributed by atoms with Crippen molar-refractivity contribution in [1.82, 2.24) is 0 Å². The summed E-state index contributed by atoms with van der Waals surface area (Å²) in [6.45, 7) is 1.90. The molecule has 1 saturated heterocycles. The highest BCUT2D eigenvalue weighted by Gasteiger charge is 2.47. The molecule has 1 fully saturated rings. The number of carbonyl (C=O) groups is 2. The summed E-state index contributed by atoms with van der Waals surface area (Å²) < 4.78 is 20.0. The number of ether oxygens (including phenoxy) is 1. The van der Waals surface area contributed by atoms with Crippen LogP contribution in [0.3, 0.4) is 0 Å². The molecule has 0 spiro atoms. The van der Waals surface area contributed by atoms with Crippen LogP contribution in [0.4, 0.5) is 10.1 Å². The van der Waals surface area contributed by atoms with E-state index in [9.17, 15) is 19.1 Å². The predicted octanol–water partition coefficient (Wildman–Crippen LogP) is 5.53. The lowest BCUT2D eigenvalue weighted by atomic mass is 9.95. The van der Waals surface area contributed by atoms with Gasteiger partial charge in [0.1, 0.15) is 17.3 Å². The number of nitrogens with zero attached hydrogens (tertiary/aromatic N) is 1. The van der Waals surface area contributed by atoms with Crippen molar-refractivity contribution in [3.8, 4) is 5.75 Å². The summed E-state index contributed by atoms with van der Waals surface area (Å²) in [6.07, 6.45) is 0. The minimum atomic E-state index is -0.998. The number of methoxy groups -OCH3 is 1. The predicted molar refractivity (Wildman–Crippen MR) is 123 cm³/mol. The molecule has 0 saturated carbocycles. The van der Waals surface area contributed by atoms with Gasteiger partial charge in [-0.15, -0.1) is 0 Å². The first-order chi connectivity index (χ1) is 15.3. The molecule has 4 rings (SSSR count). The molecule has 32 heavy (non-hydrogen) atoms. The molecule has 3 aromatic rings. The van der Waals surface area contributed by atoms with Crippen LogP contribution in [-0.4, -0.2) is 23.9 Å². The highest BCUT2D eigenvalue weighted by molar-refractivity contribution is 9.10. The molecule has 7 heteroatoms. The van der Waals surface area contributed by atoms with E-state index < -0.39 is 23.5 Å². The third-order valence-corrected chi connectivity index (χ3v) is 6.26. The molecule has 1 heterocycles. The molecule has 1 aliphatic heterocycles. The van der Waals surface area contributed by atoms with E-state index in [1.54, 1.807) is 42.5 Å². The van der Waals surface area contributed by atoms with Crippen LogP contribution in [0, 0.1) is 12.7 Å². The first-order valence-corrected chi connectivity index (χ1v) is 10.6. The van der Waals surface area contributed by atoms with Gasteiger partial charge in [-0.3, -0.25) is 14.5 Å². The molecule has 0 bridgehead atoms. The zero-order valence-corrected chi connectivity index (χ0v) is 18.9. The van der Waals surface area contributed by atoms with E-state index in [0.717, 1.165) is 10.0 Å². The van der Waals surface area contributed by atoms with E-state index in [1.807, 2.05) is 13.0 Å². The molecule has 1 aliphatic rings. The van der Waals surface area contributed by atoms with Gasteiger partial charge in [0.15, 0.2) is 0 Å².